The number of piperazine rings is 1. The molecule has 1 aliphatic rings. The van der Waals surface area contributed by atoms with Gasteiger partial charge in [0.1, 0.15) is 12.1 Å². The molecule has 0 aliphatic carbocycles. The zero-order valence-corrected chi connectivity index (χ0v) is 11.2. The number of carbonyl (C=O) groups is 2. The first kappa shape index (κ1) is 13.5. The highest BCUT2D eigenvalue weighted by molar-refractivity contribution is 5.97. The van der Waals surface area contributed by atoms with E-state index in [0.29, 0.717) is 25.1 Å². The van der Waals surface area contributed by atoms with Crippen LogP contribution in [0.4, 0.5) is 0 Å². The Morgan fingerprint density at radius 1 is 1.37 bits per heavy atom. The zero-order chi connectivity index (χ0) is 13.9. The second-order valence-electron chi connectivity index (χ2n) is 4.71. The number of amides is 2. The summed E-state index contributed by atoms with van der Waals surface area (Å²) in [4.78, 5) is 25.9. The smallest absolute Gasteiger partial charge is 0.249 e. The van der Waals surface area contributed by atoms with Crippen molar-refractivity contribution < 1.29 is 9.59 Å². The first-order valence-corrected chi connectivity index (χ1v) is 6.48. The van der Waals surface area contributed by atoms with Crippen molar-refractivity contribution in [2.45, 2.75) is 38.8 Å². The summed E-state index contributed by atoms with van der Waals surface area (Å²) in [5, 5.41) is 10.6. The fraction of sp³-hybridized carbons (Fsp3) is 0.538. The number of hydrogen-bond acceptors (Lipinski definition) is 4. The molecule has 6 nitrogen and oxygen atoms in total. The van der Waals surface area contributed by atoms with Crippen molar-refractivity contribution in [2.24, 2.45) is 0 Å². The predicted molar refractivity (Wildman–Crippen MR) is 68.9 cm³/mol. The van der Waals surface area contributed by atoms with Crippen LogP contribution < -0.4 is 5.32 Å². The molecule has 19 heavy (non-hydrogen) atoms. The molecule has 0 saturated carbocycles. The van der Waals surface area contributed by atoms with Crippen LogP contribution in [-0.4, -0.2) is 39.0 Å². The van der Waals surface area contributed by atoms with E-state index in [1.807, 2.05) is 13.8 Å². The summed E-state index contributed by atoms with van der Waals surface area (Å²) >= 11 is 0. The molecule has 1 aliphatic heterocycles. The summed E-state index contributed by atoms with van der Waals surface area (Å²) < 4.78 is 0. The van der Waals surface area contributed by atoms with Crippen molar-refractivity contribution in [1.82, 2.24) is 20.4 Å². The molecule has 0 atom stereocenters. The van der Waals surface area contributed by atoms with Gasteiger partial charge in [-0.2, -0.15) is 10.2 Å². The second-order valence-corrected chi connectivity index (χ2v) is 4.71. The lowest BCUT2D eigenvalue weighted by atomic mass is 9.89. The van der Waals surface area contributed by atoms with Crippen molar-refractivity contribution in [1.29, 1.82) is 0 Å². The fourth-order valence-corrected chi connectivity index (χ4v) is 2.38. The predicted octanol–water partition coefficient (Wildman–Crippen LogP) is 0.494. The molecule has 1 N–H and O–H groups in total. The van der Waals surface area contributed by atoms with Crippen LogP contribution in [0.1, 0.15) is 32.4 Å². The molecule has 0 bridgehead atoms. The van der Waals surface area contributed by atoms with E-state index in [1.165, 1.54) is 0 Å². The van der Waals surface area contributed by atoms with E-state index in [9.17, 15) is 9.59 Å². The summed E-state index contributed by atoms with van der Waals surface area (Å²) in [6.45, 7) is 4.22. The van der Waals surface area contributed by atoms with Gasteiger partial charge in [-0.3, -0.25) is 9.59 Å². The molecular formula is C13H18N4O2. The van der Waals surface area contributed by atoms with Gasteiger partial charge in [0.2, 0.25) is 11.8 Å². The van der Waals surface area contributed by atoms with E-state index in [1.54, 1.807) is 23.2 Å². The normalized spacial score (nSPS) is 18.3. The molecule has 0 unspecified atom stereocenters. The number of carbonyl (C=O) groups excluding carboxylic acids is 2. The molecule has 1 fully saturated rings. The van der Waals surface area contributed by atoms with Crippen LogP contribution in [-0.2, 0) is 16.1 Å². The molecule has 1 aromatic heterocycles. The van der Waals surface area contributed by atoms with Crippen LogP contribution in [0.25, 0.3) is 0 Å². The Balaban J connectivity index is 2.21. The zero-order valence-electron chi connectivity index (χ0n) is 11.2. The first-order valence-electron chi connectivity index (χ1n) is 6.48. The van der Waals surface area contributed by atoms with Gasteiger partial charge in [0.05, 0.1) is 12.2 Å². The number of hydrogen-bond donors (Lipinski definition) is 1. The van der Waals surface area contributed by atoms with Crippen LogP contribution in [0.5, 0.6) is 0 Å². The molecule has 1 saturated heterocycles. The van der Waals surface area contributed by atoms with Gasteiger partial charge in [0, 0.05) is 6.20 Å². The van der Waals surface area contributed by atoms with E-state index < -0.39 is 5.54 Å². The Bertz CT molecular complexity index is 471. The minimum absolute atomic E-state index is 0.0391. The average molecular weight is 262 g/mol. The third-order valence-electron chi connectivity index (χ3n) is 3.60. The molecule has 2 amide bonds. The molecule has 0 spiro atoms. The maximum atomic E-state index is 12.5. The average Bonchev–Trinajstić information content (AvgIpc) is 2.44. The standard InChI is InChI=1S/C13H18N4O2/c1-3-13(4-2)12(19)17(9-11(18)15-13)8-10-6-5-7-14-16-10/h5-7H,3-4,8-9H2,1-2H3,(H,15,18). The summed E-state index contributed by atoms with van der Waals surface area (Å²) in [7, 11) is 0. The van der Waals surface area contributed by atoms with Crippen molar-refractivity contribution in [2.75, 3.05) is 6.54 Å². The van der Waals surface area contributed by atoms with Gasteiger partial charge in [-0.1, -0.05) is 13.8 Å². The number of aromatic nitrogens is 2. The first-order chi connectivity index (χ1) is 9.11. The Morgan fingerprint density at radius 2 is 2.11 bits per heavy atom. The summed E-state index contributed by atoms with van der Waals surface area (Å²) in [6, 6.07) is 3.57. The third kappa shape index (κ3) is 2.57. The van der Waals surface area contributed by atoms with E-state index >= 15 is 0 Å². The molecule has 0 aromatic carbocycles. The molecule has 0 radical (unpaired) electrons. The number of rotatable bonds is 4. The number of nitrogens with zero attached hydrogens (tertiary/aromatic N) is 3. The van der Waals surface area contributed by atoms with E-state index in [-0.39, 0.29) is 18.4 Å². The molecule has 2 heterocycles. The van der Waals surface area contributed by atoms with E-state index in [2.05, 4.69) is 15.5 Å². The lowest BCUT2D eigenvalue weighted by Gasteiger charge is -2.41. The van der Waals surface area contributed by atoms with Crippen LogP contribution in [0.2, 0.25) is 0 Å². The van der Waals surface area contributed by atoms with Crippen LogP contribution in [0, 0.1) is 0 Å². The molecule has 2 rings (SSSR count). The highest BCUT2D eigenvalue weighted by Gasteiger charge is 2.43. The van der Waals surface area contributed by atoms with Gasteiger partial charge in [-0.05, 0) is 25.0 Å². The van der Waals surface area contributed by atoms with Gasteiger partial charge < -0.3 is 10.2 Å². The fourth-order valence-electron chi connectivity index (χ4n) is 2.38. The summed E-state index contributed by atoms with van der Waals surface area (Å²) in [5.74, 6) is -0.157. The Kier molecular flexibility index (Phi) is 3.78. The highest BCUT2D eigenvalue weighted by Crippen LogP contribution is 2.23. The molecule has 6 heteroatoms. The van der Waals surface area contributed by atoms with Crippen LogP contribution >= 0.6 is 0 Å². The lowest BCUT2D eigenvalue weighted by Crippen LogP contribution is -2.65. The van der Waals surface area contributed by atoms with E-state index in [0.717, 1.165) is 0 Å². The van der Waals surface area contributed by atoms with Crippen molar-refractivity contribution >= 4 is 11.8 Å². The maximum absolute atomic E-state index is 12.5. The Labute approximate surface area is 112 Å². The molecular weight excluding hydrogens is 244 g/mol. The lowest BCUT2D eigenvalue weighted by molar-refractivity contribution is -0.151. The Morgan fingerprint density at radius 3 is 2.68 bits per heavy atom. The van der Waals surface area contributed by atoms with Gasteiger partial charge in [-0.15, -0.1) is 0 Å². The largest absolute Gasteiger partial charge is 0.340 e. The quantitative estimate of drug-likeness (QED) is 0.857. The molecule has 102 valence electrons. The van der Waals surface area contributed by atoms with Gasteiger partial charge in [-0.25, -0.2) is 0 Å². The number of nitrogens with one attached hydrogen (secondary N) is 1. The molecule has 1 aromatic rings. The SMILES string of the molecule is CCC1(CC)NC(=O)CN(Cc2cccnn2)C1=O. The van der Waals surface area contributed by atoms with Crippen LogP contribution in [0.3, 0.4) is 0 Å². The van der Waals surface area contributed by atoms with Crippen molar-refractivity contribution in [3.63, 3.8) is 0 Å². The maximum Gasteiger partial charge on any atom is 0.249 e. The van der Waals surface area contributed by atoms with Crippen LogP contribution in [0.15, 0.2) is 18.3 Å². The highest BCUT2D eigenvalue weighted by atomic mass is 16.2. The van der Waals surface area contributed by atoms with E-state index in [4.69, 9.17) is 0 Å². The topological polar surface area (TPSA) is 75.2 Å². The monoisotopic (exact) mass is 262 g/mol. The minimum atomic E-state index is -0.766. The summed E-state index contributed by atoms with van der Waals surface area (Å²) in [6.07, 6.45) is 2.76. The second kappa shape index (κ2) is 5.34. The third-order valence-corrected chi connectivity index (χ3v) is 3.60. The minimum Gasteiger partial charge on any atom is -0.340 e. The van der Waals surface area contributed by atoms with Gasteiger partial charge >= 0.3 is 0 Å². The van der Waals surface area contributed by atoms with Gasteiger partial charge in [0.25, 0.3) is 0 Å². The van der Waals surface area contributed by atoms with Crippen molar-refractivity contribution in [3.8, 4) is 0 Å². The summed E-state index contributed by atoms with van der Waals surface area (Å²) in [5.41, 5.74) is -0.0796. The van der Waals surface area contributed by atoms with Crippen molar-refractivity contribution in [3.05, 3.63) is 24.0 Å². The van der Waals surface area contributed by atoms with Gasteiger partial charge in [0.15, 0.2) is 0 Å². The Hall–Kier alpha value is -1.98.